The fourth-order valence-corrected chi connectivity index (χ4v) is 3.09. The van der Waals surface area contributed by atoms with Crippen LogP contribution in [0.2, 0.25) is 0 Å². The topological polar surface area (TPSA) is 130 Å². The number of fused-ring (bicyclic) bond motifs is 2. The molecule has 0 radical (unpaired) electrons. The van der Waals surface area contributed by atoms with Crippen LogP contribution < -0.4 is 0 Å². The zero-order valence-electron chi connectivity index (χ0n) is 13.7. The number of carbonyl (C=O) groups is 1. The number of phenols is 4. The van der Waals surface area contributed by atoms with E-state index in [0.717, 1.165) is 0 Å². The van der Waals surface area contributed by atoms with Gasteiger partial charge in [0.05, 0.1) is 16.3 Å². The fraction of sp³-hybridized carbons (Fsp3) is 0. The van der Waals surface area contributed by atoms with Gasteiger partial charge in [-0.1, -0.05) is 12.1 Å². The second-order valence-electron chi connectivity index (χ2n) is 5.98. The summed E-state index contributed by atoms with van der Waals surface area (Å²) in [7, 11) is 0. The molecule has 0 spiro atoms. The Morgan fingerprint density at radius 1 is 0.778 bits per heavy atom. The first kappa shape index (κ1) is 16.5. The first-order valence-electron chi connectivity index (χ1n) is 7.87. The van der Waals surface area contributed by atoms with Crippen LogP contribution in [0.4, 0.5) is 0 Å². The van der Waals surface area contributed by atoms with Gasteiger partial charge >= 0.3 is 17.1 Å². The number of hydrogen-bond acceptors (Lipinski definition) is 5. The second-order valence-corrected chi connectivity index (χ2v) is 5.98. The molecule has 27 heavy (non-hydrogen) atoms. The molecule has 1 aromatic heterocycles. The summed E-state index contributed by atoms with van der Waals surface area (Å²) in [5, 5.41) is 50.1. The van der Waals surface area contributed by atoms with Gasteiger partial charge in [-0.3, -0.25) is 0 Å². The molecule has 0 unspecified atom stereocenters. The Bertz CT molecular complexity index is 1180. The molecule has 0 aliphatic rings. The molecular formula is C20H13O7+. The highest BCUT2D eigenvalue weighted by molar-refractivity contribution is 6.11. The van der Waals surface area contributed by atoms with Gasteiger partial charge < -0.3 is 25.5 Å². The van der Waals surface area contributed by atoms with Crippen molar-refractivity contribution in [2.24, 2.45) is 0 Å². The SMILES string of the molecule is O=C(O)c1cccc(-c2c3ccc(O)c(O)c3[o+]c3c(O)c(O)ccc23)c1. The summed E-state index contributed by atoms with van der Waals surface area (Å²) < 4.78 is 5.57. The van der Waals surface area contributed by atoms with Gasteiger partial charge in [0.15, 0.2) is 11.5 Å². The van der Waals surface area contributed by atoms with Crippen LogP contribution in [0.15, 0.2) is 52.9 Å². The van der Waals surface area contributed by atoms with Crippen LogP contribution in [0.3, 0.4) is 0 Å². The number of hydrogen-bond donors (Lipinski definition) is 5. The van der Waals surface area contributed by atoms with Gasteiger partial charge in [0, 0.05) is 5.56 Å². The molecule has 0 amide bonds. The molecular weight excluding hydrogens is 352 g/mol. The Kier molecular flexibility index (Phi) is 3.52. The minimum atomic E-state index is -1.10. The van der Waals surface area contributed by atoms with Gasteiger partial charge in [-0.2, -0.15) is 4.42 Å². The monoisotopic (exact) mass is 365 g/mol. The number of aromatic carboxylic acids is 1. The lowest BCUT2D eigenvalue weighted by molar-refractivity contribution is 0.0697. The van der Waals surface area contributed by atoms with E-state index in [1.54, 1.807) is 12.1 Å². The molecule has 0 aliphatic heterocycles. The van der Waals surface area contributed by atoms with E-state index in [-0.39, 0.29) is 16.7 Å². The number of phenolic OH excluding ortho intramolecular Hbond substituents is 4. The molecule has 0 aliphatic carbocycles. The lowest BCUT2D eigenvalue weighted by Gasteiger charge is -2.08. The third-order valence-corrected chi connectivity index (χ3v) is 4.36. The molecule has 0 saturated carbocycles. The van der Waals surface area contributed by atoms with Crippen LogP contribution in [-0.2, 0) is 0 Å². The number of benzene rings is 3. The first-order valence-corrected chi connectivity index (χ1v) is 7.87. The molecule has 0 atom stereocenters. The van der Waals surface area contributed by atoms with Crippen molar-refractivity contribution in [1.82, 2.24) is 0 Å². The van der Waals surface area contributed by atoms with Crippen LogP contribution >= 0.6 is 0 Å². The number of aromatic hydroxyl groups is 4. The predicted octanol–water partition coefficient (Wildman–Crippen LogP) is 4.05. The maximum absolute atomic E-state index is 11.3. The second kappa shape index (κ2) is 5.77. The van der Waals surface area contributed by atoms with Gasteiger partial charge in [0.2, 0.25) is 0 Å². The average molecular weight is 365 g/mol. The molecule has 5 N–H and O–H groups in total. The summed E-state index contributed by atoms with van der Waals surface area (Å²) >= 11 is 0. The lowest BCUT2D eigenvalue weighted by atomic mass is 9.95. The van der Waals surface area contributed by atoms with E-state index in [1.165, 1.54) is 36.4 Å². The highest BCUT2D eigenvalue weighted by atomic mass is 16.4. The van der Waals surface area contributed by atoms with E-state index < -0.39 is 29.0 Å². The standard InChI is InChI=1S/C20H12O7/c21-13-6-4-11-15(9-2-1-3-10(8-9)20(25)26)12-5-7-14(22)17(24)19(12)27-18(11)16(13)23/h1-8H,(H4-,21,22,23,24,25,26)/p+1. The van der Waals surface area contributed by atoms with Gasteiger partial charge in [-0.15, -0.1) is 0 Å². The molecule has 4 rings (SSSR count). The van der Waals surface area contributed by atoms with Crippen molar-refractivity contribution in [3.05, 3.63) is 54.1 Å². The summed E-state index contributed by atoms with van der Waals surface area (Å²) in [5.41, 5.74) is 0.801. The van der Waals surface area contributed by atoms with Crippen LogP contribution in [0, 0.1) is 0 Å². The van der Waals surface area contributed by atoms with Crippen LogP contribution in [0.25, 0.3) is 33.1 Å². The largest absolute Gasteiger partial charge is 0.504 e. The van der Waals surface area contributed by atoms with E-state index in [4.69, 9.17) is 4.42 Å². The van der Waals surface area contributed by atoms with Gasteiger partial charge in [-0.05, 0) is 42.0 Å². The average Bonchev–Trinajstić information content (AvgIpc) is 2.66. The Labute approximate surface area is 151 Å². The number of rotatable bonds is 2. The molecule has 4 aromatic rings. The third kappa shape index (κ3) is 2.44. The zero-order chi connectivity index (χ0) is 19.3. The van der Waals surface area contributed by atoms with Crippen molar-refractivity contribution in [3.8, 4) is 34.1 Å². The molecule has 0 saturated heterocycles. The Morgan fingerprint density at radius 2 is 1.33 bits per heavy atom. The lowest BCUT2D eigenvalue weighted by Crippen LogP contribution is -1.96. The summed E-state index contributed by atoms with van der Waals surface area (Å²) in [5.74, 6) is -3.02. The van der Waals surface area contributed by atoms with E-state index in [1.807, 2.05) is 0 Å². The molecule has 7 heteroatoms. The zero-order valence-corrected chi connectivity index (χ0v) is 13.7. The molecule has 0 fully saturated rings. The van der Waals surface area contributed by atoms with Crippen LogP contribution in [0.1, 0.15) is 10.4 Å². The summed E-state index contributed by atoms with van der Waals surface area (Å²) in [6.45, 7) is 0. The maximum Gasteiger partial charge on any atom is 0.406 e. The Morgan fingerprint density at radius 3 is 1.85 bits per heavy atom. The molecule has 134 valence electrons. The summed E-state index contributed by atoms with van der Waals surface area (Å²) in [4.78, 5) is 11.3. The van der Waals surface area contributed by atoms with E-state index in [2.05, 4.69) is 0 Å². The normalized spacial score (nSPS) is 11.1. The van der Waals surface area contributed by atoms with Crippen LogP contribution in [0.5, 0.6) is 23.0 Å². The quantitative estimate of drug-likeness (QED) is 0.206. The van der Waals surface area contributed by atoms with E-state index in [0.29, 0.717) is 21.9 Å². The Hall–Kier alpha value is -4.00. The number of carboxylic acids is 1. The predicted molar refractivity (Wildman–Crippen MR) is 97.2 cm³/mol. The van der Waals surface area contributed by atoms with E-state index >= 15 is 0 Å². The molecule has 0 bridgehead atoms. The molecule has 1 heterocycles. The van der Waals surface area contributed by atoms with Crippen molar-refractivity contribution in [2.75, 3.05) is 0 Å². The van der Waals surface area contributed by atoms with Gasteiger partial charge in [0.25, 0.3) is 11.5 Å². The van der Waals surface area contributed by atoms with Crippen molar-refractivity contribution in [3.63, 3.8) is 0 Å². The summed E-state index contributed by atoms with van der Waals surface area (Å²) in [6, 6.07) is 11.7. The van der Waals surface area contributed by atoms with Crippen molar-refractivity contribution in [2.45, 2.75) is 0 Å². The summed E-state index contributed by atoms with van der Waals surface area (Å²) in [6.07, 6.45) is 0. The van der Waals surface area contributed by atoms with E-state index in [9.17, 15) is 30.3 Å². The highest BCUT2D eigenvalue weighted by Crippen LogP contribution is 2.46. The third-order valence-electron chi connectivity index (χ3n) is 4.36. The fourth-order valence-electron chi connectivity index (χ4n) is 3.09. The van der Waals surface area contributed by atoms with Crippen molar-refractivity contribution < 1.29 is 34.7 Å². The minimum Gasteiger partial charge on any atom is -0.504 e. The molecule has 3 aromatic carbocycles. The van der Waals surface area contributed by atoms with Gasteiger partial charge in [-0.25, -0.2) is 4.79 Å². The molecule has 7 nitrogen and oxygen atoms in total. The smallest absolute Gasteiger partial charge is 0.406 e. The maximum atomic E-state index is 11.3. The van der Waals surface area contributed by atoms with Crippen molar-refractivity contribution >= 4 is 27.9 Å². The highest BCUT2D eigenvalue weighted by Gasteiger charge is 2.28. The van der Waals surface area contributed by atoms with Gasteiger partial charge in [0.1, 0.15) is 0 Å². The Balaban J connectivity index is 2.23. The van der Waals surface area contributed by atoms with Crippen molar-refractivity contribution in [1.29, 1.82) is 0 Å². The minimum absolute atomic E-state index is 0.0561. The first-order chi connectivity index (χ1) is 12.9. The van der Waals surface area contributed by atoms with Crippen LogP contribution in [-0.4, -0.2) is 31.5 Å². The number of carboxylic acid groups (broad SMARTS) is 1.